The molecule has 5 nitrogen and oxygen atoms in total. The quantitative estimate of drug-likeness (QED) is 0.871. The van der Waals surface area contributed by atoms with Crippen molar-refractivity contribution in [3.63, 3.8) is 0 Å². The second kappa shape index (κ2) is 6.38. The number of esters is 1. The Labute approximate surface area is 130 Å². The van der Waals surface area contributed by atoms with Crippen LogP contribution in [0.2, 0.25) is 0 Å². The van der Waals surface area contributed by atoms with E-state index in [1.165, 1.54) is 11.3 Å². The monoisotopic (exact) mass is 302 g/mol. The van der Waals surface area contributed by atoms with Gasteiger partial charge in [-0.1, -0.05) is 0 Å². The van der Waals surface area contributed by atoms with Gasteiger partial charge in [0.2, 0.25) is 5.91 Å². The van der Waals surface area contributed by atoms with E-state index in [9.17, 15) is 9.59 Å². The lowest BCUT2D eigenvalue weighted by molar-refractivity contribution is -0.148. The van der Waals surface area contributed by atoms with Crippen molar-refractivity contribution in [2.45, 2.75) is 32.6 Å². The van der Waals surface area contributed by atoms with Gasteiger partial charge in [0.15, 0.2) is 0 Å². The van der Waals surface area contributed by atoms with Gasteiger partial charge < -0.3 is 15.0 Å². The molecular weight excluding hydrogens is 280 g/mol. The van der Waals surface area contributed by atoms with Gasteiger partial charge in [-0.2, -0.15) is 0 Å². The van der Waals surface area contributed by atoms with E-state index in [0.717, 1.165) is 38.0 Å². The molecular formula is C17H22N2O3. The highest BCUT2D eigenvalue weighted by Crippen LogP contribution is 2.30. The number of anilines is 2. The van der Waals surface area contributed by atoms with Crippen LogP contribution in [0, 0.1) is 5.92 Å². The average molecular weight is 302 g/mol. The van der Waals surface area contributed by atoms with Gasteiger partial charge in [-0.25, -0.2) is 0 Å². The predicted molar refractivity (Wildman–Crippen MR) is 85.0 cm³/mol. The fraction of sp³-hybridized carbons (Fsp3) is 0.529. The number of hydrogen-bond donors (Lipinski definition) is 1. The van der Waals surface area contributed by atoms with Gasteiger partial charge in [0.05, 0.1) is 12.5 Å². The number of ether oxygens (including phenoxy) is 1. The Hall–Kier alpha value is -2.04. The lowest BCUT2D eigenvalue weighted by atomic mass is 9.95. The highest BCUT2D eigenvalue weighted by atomic mass is 16.5. The Morgan fingerprint density at radius 3 is 2.82 bits per heavy atom. The summed E-state index contributed by atoms with van der Waals surface area (Å²) in [5.41, 5.74) is 3.31. The van der Waals surface area contributed by atoms with Crippen molar-refractivity contribution in [2.24, 2.45) is 5.92 Å². The van der Waals surface area contributed by atoms with Crippen molar-refractivity contribution >= 4 is 23.3 Å². The molecule has 22 heavy (non-hydrogen) atoms. The third kappa shape index (κ3) is 3.08. The molecule has 1 aromatic rings. The number of rotatable bonds is 3. The van der Waals surface area contributed by atoms with Crippen molar-refractivity contribution < 1.29 is 14.3 Å². The molecule has 1 aromatic carbocycles. The Morgan fingerprint density at radius 2 is 2.09 bits per heavy atom. The van der Waals surface area contributed by atoms with E-state index in [2.05, 4.69) is 22.3 Å². The third-order valence-electron chi connectivity index (χ3n) is 4.46. The van der Waals surface area contributed by atoms with Gasteiger partial charge in [0.1, 0.15) is 0 Å². The first kappa shape index (κ1) is 14.9. The molecule has 1 fully saturated rings. The molecule has 0 bridgehead atoms. The molecule has 2 aliphatic rings. The van der Waals surface area contributed by atoms with Crippen LogP contribution in [0.25, 0.3) is 0 Å². The van der Waals surface area contributed by atoms with E-state index >= 15 is 0 Å². The number of nitrogens with zero attached hydrogens (tertiary/aromatic N) is 1. The molecule has 0 spiro atoms. The van der Waals surface area contributed by atoms with Crippen molar-refractivity contribution in [3.8, 4) is 0 Å². The molecule has 0 atom stereocenters. The summed E-state index contributed by atoms with van der Waals surface area (Å²) < 4.78 is 5.11. The number of benzene rings is 1. The fourth-order valence-corrected chi connectivity index (χ4v) is 3.20. The number of carbonyl (C=O) groups is 2. The van der Waals surface area contributed by atoms with Crippen LogP contribution in [-0.4, -0.2) is 31.6 Å². The summed E-state index contributed by atoms with van der Waals surface area (Å²) in [4.78, 5) is 25.5. The van der Waals surface area contributed by atoms with Crippen LogP contribution >= 0.6 is 0 Å². The van der Waals surface area contributed by atoms with Crippen molar-refractivity contribution in [1.82, 2.24) is 0 Å². The molecule has 0 saturated carbocycles. The van der Waals surface area contributed by atoms with Crippen molar-refractivity contribution in [3.05, 3.63) is 23.8 Å². The summed E-state index contributed by atoms with van der Waals surface area (Å²) in [5.74, 6) is 0.0684. The Morgan fingerprint density at radius 1 is 1.32 bits per heavy atom. The Bertz CT molecular complexity index is 577. The summed E-state index contributed by atoms with van der Waals surface area (Å²) >= 11 is 0. The molecule has 1 amide bonds. The lowest BCUT2D eigenvalue weighted by Crippen LogP contribution is -2.37. The molecule has 5 heteroatoms. The zero-order valence-electron chi connectivity index (χ0n) is 12.9. The second-order valence-corrected chi connectivity index (χ2v) is 5.90. The molecule has 0 aliphatic carbocycles. The highest BCUT2D eigenvalue weighted by Gasteiger charge is 2.26. The maximum absolute atomic E-state index is 11.8. The molecule has 2 aliphatic heterocycles. The number of carbonyl (C=O) groups excluding carboxylic acids is 2. The summed E-state index contributed by atoms with van der Waals surface area (Å²) in [5, 5.41) is 2.91. The number of aryl methyl sites for hydroxylation is 1. The molecule has 1 saturated heterocycles. The van der Waals surface area contributed by atoms with E-state index in [-0.39, 0.29) is 17.8 Å². The number of hydrogen-bond acceptors (Lipinski definition) is 4. The predicted octanol–water partition coefficient (Wildman–Crippen LogP) is 2.35. The van der Waals surface area contributed by atoms with Crippen molar-refractivity contribution in [1.29, 1.82) is 0 Å². The summed E-state index contributed by atoms with van der Waals surface area (Å²) in [6.07, 6.45) is 3.04. The zero-order valence-corrected chi connectivity index (χ0v) is 12.9. The first-order valence-corrected chi connectivity index (χ1v) is 8.01. The van der Waals surface area contributed by atoms with Gasteiger partial charge in [-0.15, -0.1) is 0 Å². The van der Waals surface area contributed by atoms with Gasteiger partial charge >= 0.3 is 5.97 Å². The second-order valence-electron chi connectivity index (χ2n) is 5.90. The van der Waals surface area contributed by atoms with Crippen LogP contribution in [-0.2, 0) is 20.7 Å². The maximum Gasteiger partial charge on any atom is 0.309 e. The third-order valence-corrected chi connectivity index (χ3v) is 4.46. The summed E-state index contributed by atoms with van der Waals surface area (Å²) in [7, 11) is 0. The first-order chi connectivity index (χ1) is 10.7. The number of nitrogens with one attached hydrogen (secondary N) is 1. The Balaban J connectivity index is 1.64. The molecule has 3 rings (SSSR count). The smallest absolute Gasteiger partial charge is 0.309 e. The minimum Gasteiger partial charge on any atom is -0.466 e. The van der Waals surface area contributed by atoms with Crippen LogP contribution in [0.15, 0.2) is 18.2 Å². The lowest BCUT2D eigenvalue weighted by Gasteiger charge is -2.33. The van der Waals surface area contributed by atoms with Gasteiger partial charge in [0, 0.05) is 30.9 Å². The molecule has 2 heterocycles. The molecule has 0 aromatic heterocycles. The zero-order chi connectivity index (χ0) is 15.5. The normalized spacial score (nSPS) is 18.6. The Kier molecular flexibility index (Phi) is 4.32. The van der Waals surface area contributed by atoms with Crippen LogP contribution < -0.4 is 10.2 Å². The topological polar surface area (TPSA) is 58.6 Å². The fourth-order valence-electron chi connectivity index (χ4n) is 3.20. The van der Waals surface area contributed by atoms with Crippen LogP contribution in [0.5, 0.6) is 0 Å². The molecule has 118 valence electrons. The van der Waals surface area contributed by atoms with E-state index in [4.69, 9.17) is 4.74 Å². The van der Waals surface area contributed by atoms with Gasteiger partial charge in [-0.3, -0.25) is 9.59 Å². The molecule has 0 radical (unpaired) electrons. The SMILES string of the molecule is CCOC(=O)C1CCN(c2ccc3c(c2)CCC(=O)N3)CC1. The minimum atomic E-state index is -0.0599. The van der Waals surface area contributed by atoms with Crippen LogP contribution in [0.3, 0.4) is 0 Å². The standard InChI is InChI=1S/C17H22N2O3/c1-2-22-17(21)12-7-9-19(10-8-12)14-4-5-15-13(11-14)3-6-16(20)18-15/h4-5,11-12H,2-3,6-10H2,1H3,(H,18,20). The summed E-state index contributed by atoms with van der Waals surface area (Å²) in [6, 6.07) is 6.20. The van der Waals surface area contributed by atoms with Crippen LogP contribution in [0.1, 0.15) is 31.7 Å². The van der Waals surface area contributed by atoms with E-state index in [0.29, 0.717) is 13.0 Å². The largest absolute Gasteiger partial charge is 0.466 e. The van der Waals surface area contributed by atoms with Gasteiger partial charge in [-0.05, 0) is 49.9 Å². The highest BCUT2D eigenvalue weighted by molar-refractivity contribution is 5.94. The minimum absolute atomic E-state index is 0.0353. The molecule has 0 unspecified atom stereocenters. The number of piperidine rings is 1. The van der Waals surface area contributed by atoms with E-state index < -0.39 is 0 Å². The first-order valence-electron chi connectivity index (χ1n) is 8.01. The van der Waals surface area contributed by atoms with Crippen molar-refractivity contribution in [2.75, 3.05) is 29.9 Å². The number of amides is 1. The van der Waals surface area contributed by atoms with E-state index in [1.807, 2.05) is 13.0 Å². The van der Waals surface area contributed by atoms with Gasteiger partial charge in [0.25, 0.3) is 0 Å². The summed E-state index contributed by atoms with van der Waals surface area (Å²) in [6.45, 7) is 4.04. The maximum atomic E-state index is 11.8. The van der Waals surface area contributed by atoms with Crippen LogP contribution in [0.4, 0.5) is 11.4 Å². The number of fused-ring (bicyclic) bond motifs is 1. The average Bonchev–Trinajstić information content (AvgIpc) is 2.55. The molecule has 1 N–H and O–H groups in total. The van der Waals surface area contributed by atoms with E-state index in [1.54, 1.807) is 0 Å².